The van der Waals surface area contributed by atoms with Crippen molar-refractivity contribution in [3.63, 3.8) is 0 Å². The highest BCUT2D eigenvalue weighted by Gasteiger charge is 2.28. The largest absolute Gasteiger partial charge is 0.310 e. The topological polar surface area (TPSA) is 86.5 Å². The molecule has 3 aromatic rings. The van der Waals surface area contributed by atoms with Gasteiger partial charge in [0.2, 0.25) is 5.91 Å². The van der Waals surface area contributed by atoms with Crippen LogP contribution in [0.3, 0.4) is 0 Å². The minimum Gasteiger partial charge on any atom is -0.310 e. The van der Waals surface area contributed by atoms with Gasteiger partial charge in [-0.25, -0.2) is 4.39 Å². The Balaban J connectivity index is 1.79. The van der Waals surface area contributed by atoms with Gasteiger partial charge in [0.1, 0.15) is 11.6 Å². The molecule has 0 radical (unpaired) electrons. The maximum atomic E-state index is 13.1. The smallest absolute Gasteiger partial charge is 0.235 e. The van der Waals surface area contributed by atoms with Crippen LogP contribution in [0.15, 0.2) is 36.7 Å². The van der Waals surface area contributed by atoms with Gasteiger partial charge in [-0.2, -0.15) is 10.2 Å². The zero-order valence-electron chi connectivity index (χ0n) is 11.8. The van der Waals surface area contributed by atoms with E-state index in [2.05, 4.69) is 25.7 Å². The van der Waals surface area contributed by atoms with Crippen LogP contribution in [0.1, 0.15) is 16.4 Å². The number of hydrogen-bond acceptors (Lipinski definition) is 4. The first-order chi connectivity index (χ1) is 11.2. The lowest BCUT2D eigenvalue weighted by Crippen LogP contribution is -2.12. The lowest BCUT2D eigenvalue weighted by Gasteiger charge is -2.13. The average molecular weight is 329 g/mol. The third kappa shape index (κ3) is 2.50. The van der Waals surface area contributed by atoms with Gasteiger partial charge in [-0.3, -0.25) is 15.0 Å². The Morgan fingerprint density at radius 2 is 1.83 bits per heavy atom. The van der Waals surface area contributed by atoms with Crippen LogP contribution in [0, 0.1) is 5.82 Å². The van der Waals surface area contributed by atoms with Crippen LogP contribution in [0.5, 0.6) is 0 Å². The summed E-state index contributed by atoms with van der Waals surface area (Å²) >= 11 is 1.50. The van der Waals surface area contributed by atoms with Crippen molar-refractivity contribution in [2.24, 2.45) is 0 Å². The Morgan fingerprint density at radius 1 is 1.09 bits per heavy atom. The van der Waals surface area contributed by atoms with Crippen LogP contribution in [0.2, 0.25) is 0 Å². The van der Waals surface area contributed by atoms with Crippen molar-refractivity contribution in [3.8, 4) is 11.3 Å². The first-order valence-corrected chi connectivity index (χ1v) is 8.01. The van der Waals surface area contributed by atoms with Crippen molar-refractivity contribution in [3.05, 3.63) is 53.6 Å². The number of fused-ring (bicyclic) bond motifs is 1. The van der Waals surface area contributed by atoms with Gasteiger partial charge in [0, 0.05) is 16.7 Å². The quantitative estimate of drug-likeness (QED) is 0.675. The molecule has 1 aliphatic heterocycles. The first kappa shape index (κ1) is 14.0. The van der Waals surface area contributed by atoms with Crippen LogP contribution < -0.4 is 5.32 Å². The normalized spacial score (nSPS) is 17.4. The van der Waals surface area contributed by atoms with Gasteiger partial charge in [-0.1, -0.05) is 0 Å². The molecule has 1 aromatic carbocycles. The number of H-pyrrole nitrogens is 2. The van der Waals surface area contributed by atoms with E-state index in [1.165, 1.54) is 23.9 Å². The molecular formula is C15H12FN5OS. The number of carbonyl (C=O) groups is 1. The lowest BCUT2D eigenvalue weighted by molar-refractivity contribution is -0.113. The molecule has 23 heavy (non-hydrogen) atoms. The second kappa shape index (κ2) is 5.54. The number of thioether (sulfide) groups is 1. The zero-order valence-corrected chi connectivity index (χ0v) is 12.7. The summed E-state index contributed by atoms with van der Waals surface area (Å²) in [7, 11) is 0. The summed E-state index contributed by atoms with van der Waals surface area (Å²) in [6, 6.07) is 6.23. The number of nitrogens with zero attached hydrogens (tertiary/aromatic N) is 2. The average Bonchev–Trinajstić information content (AvgIpc) is 3.16. The van der Waals surface area contributed by atoms with Gasteiger partial charge >= 0.3 is 0 Å². The number of amides is 1. The van der Waals surface area contributed by atoms with Crippen molar-refractivity contribution < 1.29 is 9.18 Å². The fourth-order valence-corrected chi connectivity index (χ4v) is 3.72. The molecule has 6 nitrogen and oxygen atoms in total. The van der Waals surface area contributed by atoms with Crippen molar-refractivity contribution in [1.29, 1.82) is 0 Å². The highest BCUT2D eigenvalue weighted by Crippen LogP contribution is 2.43. The number of hydrogen-bond donors (Lipinski definition) is 3. The molecular weight excluding hydrogens is 317 g/mol. The van der Waals surface area contributed by atoms with E-state index >= 15 is 0 Å². The van der Waals surface area contributed by atoms with E-state index in [1.807, 2.05) is 0 Å². The van der Waals surface area contributed by atoms with Gasteiger partial charge in [-0.05, 0) is 24.3 Å². The maximum absolute atomic E-state index is 13.1. The van der Waals surface area contributed by atoms with Gasteiger partial charge < -0.3 is 5.32 Å². The number of anilines is 1. The summed E-state index contributed by atoms with van der Waals surface area (Å²) in [5.74, 6) is 0.581. The highest BCUT2D eigenvalue weighted by molar-refractivity contribution is 8.00. The van der Waals surface area contributed by atoms with Gasteiger partial charge in [0.25, 0.3) is 0 Å². The Bertz CT molecular complexity index is 857. The third-order valence-corrected chi connectivity index (χ3v) is 4.95. The highest BCUT2D eigenvalue weighted by atomic mass is 32.2. The monoisotopic (exact) mass is 329 g/mol. The van der Waals surface area contributed by atoms with E-state index in [9.17, 15) is 9.18 Å². The Kier molecular flexibility index (Phi) is 3.38. The van der Waals surface area contributed by atoms with E-state index in [0.29, 0.717) is 11.6 Å². The van der Waals surface area contributed by atoms with E-state index in [0.717, 1.165) is 22.4 Å². The van der Waals surface area contributed by atoms with Crippen molar-refractivity contribution in [2.75, 3.05) is 11.1 Å². The molecule has 0 spiro atoms. The zero-order chi connectivity index (χ0) is 15.8. The molecule has 116 valence electrons. The minimum absolute atomic E-state index is 0.0742. The predicted molar refractivity (Wildman–Crippen MR) is 85.5 cm³/mol. The van der Waals surface area contributed by atoms with Crippen molar-refractivity contribution in [1.82, 2.24) is 20.4 Å². The second-order valence-corrected chi connectivity index (χ2v) is 6.24. The molecule has 0 saturated carbocycles. The maximum Gasteiger partial charge on any atom is 0.235 e. The molecule has 0 bridgehead atoms. The Labute approximate surface area is 134 Å². The number of halogens is 1. The van der Waals surface area contributed by atoms with Gasteiger partial charge in [-0.15, -0.1) is 11.8 Å². The molecule has 1 amide bonds. The summed E-state index contributed by atoms with van der Waals surface area (Å²) < 4.78 is 13.1. The summed E-state index contributed by atoms with van der Waals surface area (Å²) in [4.78, 5) is 11.8. The molecule has 1 atom stereocenters. The standard InChI is InChI=1S/C15H12FN5OS/c16-9-3-1-8(2-4-9)13-10(5-17-20-13)14-11-6-18-21-15(11)19-12(22)7-23-14/h1-6,14H,7H2,(H,17,20)(H2,18,19,21,22). The van der Waals surface area contributed by atoms with Crippen LogP contribution in [0.4, 0.5) is 10.2 Å². The Morgan fingerprint density at radius 3 is 2.65 bits per heavy atom. The predicted octanol–water partition coefficient (Wildman–Crippen LogP) is 2.71. The van der Waals surface area contributed by atoms with Crippen molar-refractivity contribution in [2.45, 2.75) is 5.25 Å². The van der Waals surface area contributed by atoms with Crippen LogP contribution >= 0.6 is 11.8 Å². The summed E-state index contributed by atoms with van der Waals surface area (Å²) in [6.07, 6.45) is 3.45. The fraction of sp³-hybridized carbons (Fsp3) is 0.133. The Hall–Kier alpha value is -2.61. The van der Waals surface area contributed by atoms with Crippen LogP contribution in [-0.4, -0.2) is 32.1 Å². The molecule has 2 aromatic heterocycles. The van der Waals surface area contributed by atoms with Gasteiger partial charge in [0.15, 0.2) is 0 Å². The lowest BCUT2D eigenvalue weighted by atomic mass is 10.0. The molecule has 3 heterocycles. The number of aromatic amines is 2. The number of carbonyl (C=O) groups excluding carboxylic acids is 1. The summed E-state index contributed by atoms with van der Waals surface area (Å²) in [5, 5.41) is 16.6. The third-order valence-electron chi connectivity index (χ3n) is 3.68. The molecule has 0 saturated heterocycles. The number of benzene rings is 1. The molecule has 3 N–H and O–H groups in total. The number of nitrogens with one attached hydrogen (secondary N) is 3. The first-order valence-electron chi connectivity index (χ1n) is 6.96. The van der Waals surface area contributed by atoms with E-state index in [4.69, 9.17) is 0 Å². The van der Waals surface area contributed by atoms with E-state index in [1.54, 1.807) is 24.5 Å². The molecule has 1 aliphatic rings. The van der Waals surface area contributed by atoms with Crippen LogP contribution in [0.25, 0.3) is 11.3 Å². The van der Waals surface area contributed by atoms with E-state index < -0.39 is 0 Å². The second-order valence-electron chi connectivity index (χ2n) is 5.15. The molecule has 0 fully saturated rings. The van der Waals surface area contributed by atoms with Crippen molar-refractivity contribution >= 4 is 23.5 Å². The summed E-state index contributed by atoms with van der Waals surface area (Å²) in [5.41, 5.74) is 3.48. The van der Waals surface area contributed by atoms with E-state index in [-0.39, 0.29) is 17.0 Å². The minimum atomic E-state index is -0.287. The number of rotatable bonds is 2. The number of aromatic nitrogens is 4. The van der Waals surface area contributed by atoms with Gasteiger partial charge in [0.05, 0.1) is 29.1 Å². The molecule has 1 unspecified atom stereocenters. The van der Waals surface area contributed by atoms with Crippen LogP contribution in [-0.2, 0) is 4.79 Å². The molecule has 0 aliphatic carbocycles. The SMILES string of the molecule is O=C1CSC(c2cn[nH]c2-c2ccc(F)cc2)c2cn[nH]c2N1. The fourth-order valence-electron chi connectivity index (χ4n) is 2.62. The molecule has 4 rings (SSSR count). The molecule has 8 heteroatoms. The summed E-state index contributed by atoms with van der Waals surface area (Å²) in [6.45, 7) is 0.